The standard InChI is InChI=1S/C18H19NO2/c1-13-11-19(12-14-7-3-4-8-15(13)14)18(20)16-9-5-6-10-17(16)21-2/h3-10,13H,11-12H2,1-2H3. The fourth-order valence-electron chi connectivity index (χ4n) is 3.00. The molecule has 0 radical (unpaired) electrons. The second-order valence-corrected chi connectivity index (χ2v) is 5.49. The maximum atomic E-state index is 12.8. The monoisotopic (exact) mass is 281 g/mol. The molecular weight excluding hydrogens is 262 g/mol. The third-order valence-corrected chi connectivity index (χ3v) is 4.07. The van der Waals surface area contributed by atoms with Crippen molar-refractivity contribution >= 4 is 5.91 Å². The molecule has 1 heterocycles. The number of benzene rings is 2. The van der Waals surface area contributed by atoms with Crippen molar-refractivity contribution < 1.29 is 9.53 Å². The van der Waals surface area contributed by atoms with Gasteiger partial charge in [0.2, 0.25) is 0 Å². The lowest BCUT2D eigenvalue weighted by Gasteiger charge is -2.33. The van der Waals surface area contributed by atoms with Gasteiger partial charge < -0.3 is 9.64 Å². The van der Waals surface area contributed by atoms with E-state index >= 15 is 0 Å². The molecule has 2 aromatic rings. The summed E-state index contributed by atoms with van der Waals surface area (Å²) in [5, 5.41) is 0. The van der Waals surface area contributed by atoms with E-state index in [-0.39, 0.29) is 5.91 Å². The van der Waals surface area contributed by atoms with E-state index in [0.717, 1.165) is 6.54 Å². The van der Waals surface area contributed by atoms with Crippen molar-refractivity contribution in [1.29, 1.82) is 0 Å². The number of para-hydroxylation sites is 1. The number of methoxy groups -OCH3 is 1. The van der Waals surface area contributed by atoms with Crippen molar-refractivity contribution in [3.63, 3.8) is 0 Å². The summed E-state index contributed by atoms with van der Waals surface area (Å²) in [6, 6.07) is 15.8. The predicted octanol–water partition coefficient (Wildman–Crippen LogP) is 3.45. The van der Waals surface area contributed by atoms with E-state index in [1.54, 1.807) is 7.11 Å². The maximum absolute atomic E-state index is 12.8. The molecule has 2 aromatic carbocycles. The van der Waals surface area contributed by atoms with Crippen LogP contribution in [0.5, 0.6) is 5.75 Å². The molecule has 3 rings (SSSR count). The van der Waals surface area contributed by atoms with Crippen molar-refractivity contribution in [1.82, 2.24) is 4.90 Å². The number of hydrogen-bond donors (Lipinski definition) is 0. The van der Waals surface area contributed by atoms with Crippen molar-refractivity contribution in [2.24, 2.45) is 0 Å². The van der Waals surface area contributed by atoms with Gasteiger partial charge in [-0.25, -0.2) is 0 Å². The summed E-state index contributed by atoms with van der Waals surface area (Å²) in [5.74, 6) is 1.02. The molecule has 0 aromatic heterocycles. The van der Waals surface area contributed by atoms with Gasteiger partial charge in [0, 0.05) is 13.1 Å². The highest BCUT2D eigenvalue weighted by molar-refractivity contribution is 5.97. The molecule has 1 aliphatic heterocycles. The number of nitrogens with zero attached hydrogens (tertiary/aromatic N) is 1. The van der Waals surface area contributed by atoms with Gasteiger partial charge >= 0.3 is 0 Å². The van der Waals surface area contributed by atoms with Crippen LogP contribution < -0.4 is 4.74 Å². The van der Waals surface area contributed by atoms with Gasteiger partial charge in [-0.2, -0.15) is 0 Å². The van der Waals surface area contributed by atoms with Crippen LogP contribution in [0.25, 0.3) is 0 Å². The van der Waals surface area contributed by atoms with Gasteiger partial charge in [-0.05, 0) is 29.2 Å². The zero-order valence-corrected chi connectivity index (χ0v) is 12.4. The average Bonchev–Trinajstić information content (AvgIpc) is 2.54. The number of fused-ring (bicyclic) bond motifs is 1. The van der Waals surface area contributed by atoms with E-state index in [4.69, 9.17) is 4.74 Å². The molecule has 1 amide bonds. The van der Waals surface area contributed by atoms with Gasteiger partial charge in [-0.1, -0.05) is 43.3 Å². The second kappa shape index (κ2) is 5.60. The van der Waals surface area contributed by atoms with Crippen LogP contribution in [0.2, 0.25) is 0 Å². The molecule has 1 aliphatic rings. The highest BCUT2D eigenvalue weighted by atomic mass is 16.5. The fraction of sp³-hybridized carbons (Fsp3) is 0.278. The van der Waals surface area contributed by atoms with Crippen molar-refractivity contribution in [2.75, 3.05) is 13.7 Å². The SMILES string of the molecule is COc1ccccc1C(=O)N1Cc2ccccc2C(C)C1. The van der Waals surface area contributed by atoms with Gasteiger partial charge in [0.15, 0.2) is 0 Å². The Balaban J connectivity index is 1.90. The molecule has 108 valence electrons. The number of hydrogen-bond acceptors (Lipinski definition) is 2. The predicted molar refractivity (Wildman–Crippen MR) is 82.6 cm³/mol. The van der Waals surface area contributed by atoms with E-state index in [0.29, 0.717) is 23.8 Å². The van der Waals surface area contributed by atoms with Crippen molar-refractivity contribution in [3.05, 3.63) is 65.2 Å². The van der Waals surface area contributed by atoms with Crippen LogP contribution in [0.15, 0.2) is 48.5 Å². The van der Waals surface area contributed by atoms with Crippen molar-refractivity contribution in [2.45, 2.75) is 19.4 Å². The number of carbonyl (C=O) groups is 1. The molecule has 0 spiro atoms. The number of ether oxygens (including phenoxy) is 1. The fourth-order valence-corrected chi connectivity index (χ4v) is 3.00. The van der Waals surface area contributed by atoms with E-state index in [9.17, 15) is 4.79 Å². The first-order valence-electron chi connectivity index (χ1n) is 7.21. The van der Waals surface area contributed by atoms with Crippen LogP contribution in [-0.4, -0.2) is 24.5 Å². The number of carbonyl (C=O) groups excluding carboxylic acids is 1. The molecule has 3 nitrogen and oxygen atoms in total. The highest BCUT2D eigenvalue weighted by Crippen LogP contribution is 2.30. The first kappa shape index (κ1) is 13.7. The van der Waals surface area contributed by atoms with E-state index in [1.165, 1.54) is 11.1 Å². The zero-order valence-electron chi connectivity index (χ0n) is 12.4. The molecule has 0 aliphatic carbocycles. The maximum Gasteiger partial charge on any atom is 0.257 e. The minimum atomic E-state index is 0.0359. The zero-order chi connectivity index (χ0) is 14.8. The first-order valence-corrected chi connectivity index (χ1v) is 7.21. The smallest absolute Gasteiger partial charge is 0.257 e. The topological polar surface area (TPSA) is 29.5 Å². The van der Waals surface area contributed by atoms with Gasteiger partial charge in [-0.15, -0.1) is 0 Å². The van der Waals surface area contributed by atoms with Crippen LogP contribution in [0.4, 0.5) is 0 Å². The molecule has 0 saturated heterocycles. The van der Waals surface area contributed by atoms with Gasteiger partial charge in [-0.3, -0.25) is 4.79 Å². The Morgan fingerprint density at radius 3 is 2.67 bits per heavy atom. The summed E-state index contributed by atoms with van der Waals surface area (Å²) >= 11 is 0. The van der Waals surface area contributed by atoms with Crippen LogP contribution in [0, 0.1) is 0 Å². The summed E-state index contributed by atoms with van der Waals surface area (Å²) < 4.78 is 5.31. The third kappa shape index (κ3) is 2.51. The summed E-state index contributed by atoms with van der Waals surface area (Å²) in [6.45, 7) is 3.58. The molecule has 0 saturated carbocycles. The molecule has 21 heavy (non-hydrogen) atoms. The number of rotatable bonds is 2. The Hall–Kier alpha value is -2.29. The average molecular weight is 281 g/mol. The Morgan fingerprint density at radius 1 is 1.14 bits per heavy atom. The van der Waals surface area contributed by atoms with E-state index in [1.807, 2.05) is 35.2 Å². The second-order valence-electron chi connectivity index (χ2n) is 5.49. The normalized spacial score (nSPS) is 17.2. The summed E-state index contributed by atoms with van der Waals surface area (Å²) in [5.41, 5.74) is 3.22. The molecule has 1 unspecified atom stereocenters. The largest absolute Gasteiger partial charge is 0.496 e. The van der Waals surface area contributed by atoms with Crippen LogP contribution in [0.3, 0.4) is 0 Å². The quantitative estimate of drug-likeness (QED) is 0.843. The van der Waals surface area contributed by atoms with Crippen LogP contribution >= 0.6 is 0 Å². The lowest BCUT2D eigenvalue weighted by molar-refractivity contribution is 0.0717. The van der Waals surface area contributed by atoms with E-state index in [2.05, 4.69) is 25.1 Å². The van der Waals surface area contributed by atoms with E-state index < -0.39 is 0 Å². The molecular formula is C18H19NO2. The summed E-state index contributed by atoms with van der Waals surface area (Å²) in [6.07, 6.45) is 0. The highest BCUT2D eigenvalue weighted by Gasteiger charge is 2.27. The third-order valence-electron chi connectivity index (χ3n) is 4.07. The molecule has 0 bridgehead atoms. The minimum absolute atomic E-state index is 0.0359. The minimum Gasteiger partial charge on any atom is -0.496 e. The lowest BCUT2D eigenvalue weighted by Crippen LogP contribution is -2.37. The number of amides is 1. The van der Waals surface area contributed by atoms with Crippen LogP contribution in [-0.2, 0) is 6.54 Å². The van der Waals surface area contributed by atoms with Gasteiger partial charge in [0.1, 0.15) is 5.75 Å². The Bertz CT molecular complexity index is 666. The first-order chi connectivity index (χ1) is 10.2. The van der Waals surface area contributed by atoms with Gasteiger partial charge in [0.05, 0.1) is 12.7 Å². The Kier molecular flexibility index (Phi) is 3.65. The molecule has 0 fully saturated rings. The Morgan fingerprint density at radius 2 is 1.86 bits per heavy atom. The summed E-state index contributed by atoms with van der Waals surface area (Å²) in [7, 11) is 1.60. The molecule has 0 N–H and O–H groups in total. The summed E-state index contributed by atoms with van der Waals surface area (Å²) in [4.78, 5) is 14.7. The van der Waals surface area contributed by atoms with Gasteiger partial charge in [0.25, 0.3) is 5.91 Å². The van der Waals surface area contributed by atoms with Crippen molar-refractivity contribution in [3.8, 4) is 5.75 Å². The molecule has 1 atom stereocenters. The Labute approximate surface area is 125 Å². The molecule has 3 heteroatoms. The lowest BCUT2D eigenvalue weighted by atomic mass is 9.91. The van der Waals surface area contributed by atoms with Crippen LogP contribution in [0.1, 0.15) is 34.3 Å².